The van der Waals surface area contributed by atoms with Crippen molar-refractivity contribution in [3.05, 3.63) is 23.3 Å². The van der Waals surface area contributed by atoms with Crippen molar-refractivity contribution in [2.45, 2.75) is 25.5 Å². The van der Waals surface area contributed by atoms with E-state index in [2.05, 4.69) is 0 Å². The summed E-state index contributed by atoms with van der Waals surface area (Å²) < 4.78 is 15.8. The van der Waals surface area contributed by atoms with Crippen molar-refractivity contribution >= 4 is 5.97 Å². The van der Waals surface area contributed by atoms with Gasteiger partial charge in [0, 0.05) is 25.1 Å². The lowest BCUT2D eigenvalue weighted by Crippen LogP contribution is -2.15. The fraction of sp³-hybridized carbons (Fsp3) is 0.500. The van der Waals surface area contributed by atoms with E-state index in [1.807, 2.05) is 6.07 Å². The molecule has 112 valence electrons. The maximum Gasteiger partial charge on any atom is 0.303 e. The lowest BCUT2D eigenvalue weighted by Gasteiger charge is -2.21. The minimum Gasteiger partial charge on any atom is -0.496 e. The average molecular weight is 283 g/mol. The van der Waals surface area contributed by atoms with Crippen LogP contribution in [0.4, 0.5) is 0 Å². The van der Waals surface area contributed by atoms with E-state index in [1.165, 1.54) is 7.11 Å². The molecule has 0 heterocycles. The van der Waals surface area contributed by atoms with E-state index < -0.39 is 12.0 Å². The molecule has 1 unspecified atom stereocenters. The van der Waals surface area contributed by atoms with E-state index in [1.54, 1.807) is 20.3 Å². The molecule has 0 aliphatic heterocycles. The van der Waals surface area contributed by atoms with Crippen LogP contribution in [-0.2, 0) is 16.1 Å². The predicted octanol–water partition coefficient (Wildman–Crippen LogP) is 1.71. The molecule has 1 rings (SSSR count). The highest BCUT2D eigenvalue weighted by Gasteiger charge is 2.21. The van der Waals surface area contributed by atoms with E-state index >= 15 is 0 Å². The summed E-state index contributed by atoms with van der Waals surface area (Å²) in [5.41, 5.74) is 7.61. The standard InChI is InChI=1S/C14H21NO5/c1-18-8-9-4-6-11(19-2)13(14(9)20-3)10(15)5-7-12(16)17/h4,6,10H,5,7-8,15H2,1-3H3,(H,16,17). The zero-order chi connectivity index (χ0) is 15.1. The number of carboxylic acids is 1. The van der Waals surface area contributed by atoms with Crippen LogP contribution in [0.15, 0.2) is 12.1 Å². The Morgan fingerprint density at radius 2 is 2.00 bits per heavy atom. The normalized spacial score (nSPS) is 12.0. The number of ether oxygens (including phenoxy) is 3. The van der Waals surface area contributed by atoms with Crippen molar-refractivity contribution in [1.82, 2.24) is 0 Å². The fourth-order valence-corrected chi connectivity index (χ4v) is 2.09. The van der Waals surface area contributed by atoms with Crippen LogP contribution in [0.5, 0.6) is 11.5 Å². The number of rotatable bonds is 8. The van der Waals surface area contributed by atoms with Gasteiger partial charge in [-0.05, 0) is 18.6 Å². The van der Waals surface area contributed by atoms with Gasteiger partial charge >= 0.3 is 5.97 Å². The van der Waals surface area contributed by atoms with Gasteiger partial charge in [-0.2, -0.15) is 0 Å². The van der Waals surface area contributed by atoms with Crippen LogP contribution < -0.4 is 15.2 Å². The summed E-state index contributed by atoms with van der Waals surface area (Å²) in [6.45, 7) is 0.381. The molecule has 3 N–H and O–H groups in total. The molecule has 0 aliphatic carbocycles. The van der Waals surface area contributed by atoms with Crippen molar-refractivity contribution in [2.75, 3.05) is 21.3 Å². The molecular weight excluding hydrogens is 262 g/mol. The predicted molar refractivity (Wildman–Crippen MR) is 74.1 cm³/mol. The Morgan fingerprint density at radius 1 is 1.30 bits per heavy atom. The molecular formula is C14H21NO5. The minimum absolute atomic E-state index is 0.0119. The number of carboxylic acid groups (broad SMARTS) is 1. The molecule has 0 bridgehead atoms. The van der Waals surface area contributed by atoms with E-state index in [0.29, 0.717) is 30.1 Å². The fourth-order valence-electron chi connectivity index (χ4n) is 2.09. The highest BCUT2D eigenvalue weighted by atomic mass is 16.5. The number of hydrogen-bond acceptors (Lipinski definition) is 5. The summed E-state index contributed by atoms with van der Waals surface area (Å²) in [5.74, 6) is 0.287. The molecule has 1 aromatic rings. The number of benzene rings is 1. The molecule has 20 heavy (non-hydrogen) atoms. The van der Waals surface area contributed by atoms with Gasteiger partial charge in [-0.3, -0.25) is 4.79 Å². The first kappa shape index (κ1) is 16.3. The third-order valence-corrected chi connectivity index (χ3v) is 3.00. The molecule has 1 atom stereocenters. The van der Waals surface area contributed by atoms with E-state index in [9.17, 15) is 4.79 Å². The van der Waals surface area contributed by atoms with Crippen molar-refractivity contribution in [1.29, 1.82) is 0 Å². The van der Waals surface area contributed by atoms with Gasteiger partial charge in [0.15, 0.2) is 0 Å². The second-order valence-corrected chi connectivity index (χ2v) is 4.35. The quantitative estimate of drug-likeness (QED) is 0.754. The number of nitrogens with two attached hydrogens (primary N) is 1. The third-order valence-electron chi connectivity index (χ3n) is 3.00. The Labute approximate surface area is 118 Å². The zero-order valence-electron chi connectivity index (χ0n) is 12.0. The van der Waals surface area contributed by atoms with Crippen LogP contribution in [-0.4, -0.2) is 32.4 Å². The highest BCUT2D eigenvalue weighted by molar-refractivity contribution is 5.66. The average Bonchev–Trinajstić information content (AvgIpc) is 2.44. The SMILES string of the molecule is COCc1ccc(OC)c(C(N)CCC(=O)O)c1OC. The van der Waals surface area contributed by atoms with Gasteiger partial charge in [-0.25, -0.2) is 0 Å². The summed E-state index contributed by atoms with van der Waals surface area (Å²) in [5, 5.41) is 8.76. The van der Waals surface area contributed by atoms with Crippen molar-refractivity contribution in [2.24, 2.45) is 5.73 Å². The maximum absolute atomic E-state index is 10.7. The topological polar surface area (TPSA) is 91.0 Å². The van der Waals surface area contributed by atoms with Gasteiger partial charge in [-0.1, -0.05) is 0 Å². The molecule has 0 saturated carbocycles. The van der Waals surface area contributed by atoms with Crippen molar-refractivity contribution in [3.63, 3.8) is 0 Å². The van der Waals surface area contributed by atoms with Gasteiger partial charge in [0.25, 0.3) is 0 Å². The smallest absolute Gasteiger partial charge is 0.303 e. The van der Waals surface area contributed by atoms with Crippen LogP contribution in [0.1, 0.15) is 30.0 Å². The summed E-state index contributed by atoms with van der Waals surface area (Å²) in [7, 11) is 4.67. The Morgan fingerprint density at radius 3 is 2.50 bits per heavy atom. The summed E-state index contributed by atoms with van der Waals surface area (Å²) in [6.07, 6.45) is 0.292. The maximum atomic E-state index is 10.7. The molecule has 0 amide bonds. The van der Waals surface area contributed by atoms with Crippen LogP contribution >= 0.6 is 0 Å². The Kier molecular flexibility index (Phi) is 6.27. The van der Waals surface area contributed by atoms with Crippen molar-refractivity contribution in [3.8, 4) is 11.5 Å². The third kappa shape index (κ3) is 3.85. The number of aliphatic carboxylic acids is 1. The first-order chi connectivity index (χ1) is 9.54. The van der Waals surface area contributed by atoms with Gasteiger partial charge < -0.3 is 25.1 Å². The van der Waals surface area contributed by atoms with E-state index in [-0.39, 0.29) is 6.42 Å². The molecule has 0 spiro atoms. The van der Waals surface area contributed by atoms with Crippen LogP contribution in [0, 0.1) is 0 Å². The molecule has 0 aromatic heterocycles. The number of hydrogen-bond donors (Lipinski definition) is 2. The molecule has 0 saturated heterocycles. The van der Waals surface area contributed by atoms with Gasteiger partial charge in [-0.15, -0.1) is 0 Å². The second kappa shape index (κ2) is 7.72. The molecule has 0 fully saturated rings. The van der Waals surface area contributed by atoms with Gasteiger partial charge in [0.05, 0.1) is 26.4 Å². The molecule has 0 radical (unpaired) electrons. The molecule has 0 aliphatic rings. The molecule has 6 nitrogen and oxygen atoms in total. The van der Waals surface area contributed by atoms with E-state index in [0.717, 1.165) is 5.56 Å². The first-order valence-electron chi connectivity index (χ1n) is 6.25. The van der Waals surface area contributed by atoms with E-state index in [4.69, 9.17) is 25.1 Å². The number of methoxy groups -OCH3 is 3. The highest BCUT2D eigenvalue weighted by Crippen LogP contribution is 2.38. The van der Waals surface area contributed by atoms with Crippen LogP contribution in [0.3, 0.4) is 0 Å². The lowest BCUT2D eigenvalue weighted by molar-refractivity contribution is -0.137. The summed E-state index contributed by atoms with van der Waals surface area (Å²) in [6, 6.07) is 3.15. The van der Waals surface area contributed by atoms with Crippen LogP contribution in [0.2, 0.25) is 0 Å². The molecule has 1 aromatic carbocycles. The van der Waals surface area contributed by atoms with Gasteiger partial charge in [0.1, 0.15) is 11.5 Å². The minimum atomic E-state index is -0.883. The Hall–Kier alpha value is -1.79. The zero-order valence-corrected chi connectivity index (χ0v) is 12.0. The Balaban J connectivity index is 3.17. The number of carbonyl (C=O) groups is 1. The summed E-state index contributed by atoms with van der Waals surface area (Å²) in [4.78, 5) is 10.7. The lowest BCUT2D eigenvalue weighted by atomic mass is 9.98. The Bertz CT molecular complexity index is 461. The van der Waals surface area contributed by atoms with Crippen molar-refractivity contribution < 1.29 is 24.1 Å². The molecule has 6 heteroatoms. The monoisotopic (exact) mass is 283 g/mol. The summed E-state index contributed by atoms with van der Waals surface area (Å²) >= 11 is 0. The first-order valence-corrected chi connectivity index (χ1v) is 6.25. The second-order valence-electron chi connectivity index (χ2n) is 4.35. The van der Waals surface area contributed by atoms with Gasteiger partial charge in [0.2, 0.25) is 0 Å². The van der Waals surface area contributed by atoms with Crippen LogP contribution in [0.25, 0.3) is 0 Å². The largest absolute Gasteiger partial charge is 0.496 e.